The van der Waals surface area contributed by atoms with E-state index in [1.54, 1.807) is 0 Å². The largest absolute Gasteiger partial charge is 0.416 e. The molecule has 1 aliphatic heterocycles. The van der Waals surface area contributed by atoms with E-state index in [4.69, 9.17) is 34.7 Å². The minimum atomic E-state index is -4.56. The van der Waals surface area contributed by atoms with Crippen molar-refractivity contribution in [3.63, 3.8) is 0 Å². The molecule has 1 aromatic carbocycles. The fourth-order valence-corrected chi connectivity index (χ4v) is 4.04. The molecule has 0 unspecified atom stereocenters. The first-order valence-corrected chi connectivity index (χ1v) is 8.46. The molecule has 2 aliphatic rings. The number of rotatable bonds is 1. The first-order valence-electron chi connectivity index (χ1n) is 7.70. The van der Waals surface area contributed by atoms with Crippen molar-refractivity contribution >= 4 is 40.8 Å². The summed E-state index contributed by atoms with van der Waals surface area (Å²) in [6, 6.07) is 1.66. The van der Waals surface area contributed by atoms with Gasteiger partial charge in [0.2, 0.25) is 11.9 Å². The molecule has 10 heteroatoms. The van der Waals surface area contributed by atoms with Crippen LogP contribution in [-0.2, 0) is 6.18 Å². The van der Waals surface area contributed by atoms with E-state index in [0.717, 1.165) is 31.4 Å². The fraction of sp³-hybridized carbons (Fsp3) is 0.467. The lowest BCUT2D eigenvalue weighted by atomic mass is 9.87. The van der Waals surface area contributed by atoms with E-state index in [2.05, 4.69) is 9.98 Å². The van der Waals surface area contributed by atoms with Crippen molar-refractivity contribution in [3.8, 4) is 0 Å². The summed E-state index contributed by atoms with van der Waals surface area (Å²) in [6.07, 6.45) is -0.545. The smallest absolute Gasteiger partial charge is 0.369 e. The molecule has 136 valence electrons. The SMILES string of the molecule is NC1=NC2(CCCCC2)N(c2c(Cl)cc(C(F)(F)F)cc2Cl)C(N)=N1. The van der Waals surface area contributed by atoms with Crippen LogP contribution in [0.1, 0.15) is 37.7 Å². The number of hydrogen-bond acceptors (Lipinski definition) is 5. The molecule has 1 heterocycles. The van der Waals surface area contributed by atoms with E-state index in [0.29, 0.717) is 12.8 Å². The summed E-state index contributed by atoms with van der Waals surface area (Å²) in [7, 11) is 0. The zero-order chi connectivity index (χ0) is 18.4. The van der Waals surface area contributed by atoms with Gasteiger partial charge >= 0.3 is 6.18 Å². The molecule has 0 atom stereocenters. The Morgan fingerprint density at radius 1 is 1.04 bits per heavy atom. The number of hydrogen-bond donors (Lipinski definition) is 2. The van der Waals surface area contributed by atoms with E-state index in [-0.39, 0.29) is 27.7 Å². The second-order valence-electron chi connectivity index (χ2n) is 6.10. The molecular formula is C15H16Cl2F3N5. The standard InChI is InChI=1S/C15H16Cl2F3N5/c16-9-6-8(15(18,19)20)7-10(17)11(9)25-13(22)23-12(21)24-14(25)4-2-1-3-5-14/h6-7H,1-5H2,(H4,21,22,23,24). The lowest BCUT2D eigenvalue weighted by molar-refractivity contribution is -0.137. The van der Waals surface area contributed by atoms with Crippen molar-refractivity contribution in [3.05, 3.63) is 27.7 Å². The van der Waals surface area contributed by atoms with E-state index in [9.17, 15) is 13.2 Å². The molecule has 0 saturated heterocycles. The van der Waals surface area contributed by atoms with Gasteiger partial charge in [0.15, 0.2) is 0 Å². The zero-order valence-corrected chi connectivity index (χ0v) is 14.6. The van der Waals surface area contributed by atoms with Crippen LogP contribution in [0.4, 0.5) is 18.9 Å². The normalized spacial score (nSPS) is 20.4. The van der Waals surface area contributed by atoms with Gasteiger partial charge in [0.05, 0.1) is 21.3 Å². The van der Waals surface area contributed by atoms with Gasteiger partial charge < -0.3 is 11.5 Å². The first-order chi connectivity index (χ1) is 11.6. The number of nitrogens with zero attached hydrogens (tertiary/aromatic N) is 3. The minimum Gasteiger partial charge on any atom is -0.369 e. The van der Waals surface area contributed by atoms with Crippen LogP contribution in [0.2, 0.25) is 10.0 Å². The fourth-order valence-electron chi connectivity index (χ4n) is 3.39. The molecule has 0 aromatic heterocycles. The number of halogens is 5. The van der Waals surface area contributed by atoms with Gasteiger partial charge in [-0.3, -0.25) is 4.90 Å². The Morgan fingerprint density at radius 2 is 1.60 bits per heavy atom. The molecule has 1 aromatic rings. The second kappa shape index (κ2) is 6.25. The number of guanidine groups is 2. The van der Waals surface area contributed by atoms with Gasteiger partial charge in [-0.25, -0.2) is 4.99 Å². The zero-order valence-electron chi connectivity index (χ0n) is 13.1. The summed E-state index contributed by atoms with van der Waals surface area (Å²) in [5.41, 5.74) is 10.2. The number of anilines is 1. The molecule has 1 saturated carbocycles. The predicted molar refractivity (Wildman–Crippen MR) is 93.0 cm³/mol. The highest BCUT2D eigenvalue weighted by Gasteiger charge is 2.44. The average Bonchev–Trinajstić information content (AvgIpc) is 2.49. The van der Waals surface area contributed by atoms with Gasteiger partial charge in [0, 0.05) is 0 Å². The van der Waals surface area contributed by atoms with Crippen molar-refractivity contribution in [2.45, 2.75) is 43.9 Å². The van der Waals surface area contributed by atoms with Crippen LogP contribution in [0.15, 0.2) is 22.1 Å². The van der Waals surface area contributed by atoms with Gasteiger partial charge in [0.25, 0.3) is 0 Å². The summed E-state index contributed by atoms with van der Waals surface area (Å²) in [5.74, 6) is 0.0489. The van der Waals surface area contributed by atoms with Crippen molar-refractivity contribution in [2.24, 2.45) is 21.5 Å². The Bertz CT molecular complexity index is 731. The Balaban J connectivity index is 2.15. The van der Waals surface area contributed by atoms with Crippen LogP contribution in [0.25, 0.3) is 0 Å². The summed E-state index contributed by atoms with van der Waals surface area (Å²) < 4.78 is 38.9. The number of aliphatic imine (C=N–C) groups is 2. The third kappa shape index (κ3) is 3.25. The molecule has 4 N–H and O–H groups in total. The molecule has 1 spiro atoms. The van der Waals surface area contributed by atoms with Crippen molar-refractivity contribution in [1.29, 1.82) is 0 Å². The van der Waals surface area contributed by atoms with Crippen molar-refractivity contribution in [1.82, 2.24) is 0 Å². The van der Waals surface area contributed by atoms with Crippen molar-refractivity contribution in [2.75, 3.05) is 4.90 Å². The molecular weight excluding hydrogens is 378 g/mol. The summed E-state index contributed by atoms with van der Waals surface area (Å²) in [5, 5.41) is -0.336. The molecule has 1 aliphatic carbocycles. The van der Waals surface area contributed by atoms with Crippen LogP contribution in [0.3, 0.4) is 0 Å². The van der Waals surface area contributed by atoms with Gasteiger partial charge in [-0.2, -0.15) is 18.2 Å². The van der Waals surface area contributed by atoms with Gasteiger partial charge in [0.1, 0.15) is 5.66 Å². The number of benzene rings is 1. The summed E-state index contributed by atoms with van der Waals surface area (Å²) in [6.45, 7) is 0. The molecule has 0 bridgehead atoms. The highest BCUT2D eigenvalue weighted by atomic mass is 35.5. The highest BCUT2D eigenvalue weighted by Crippen LogP contribution is 2.46. The molecule has 1 fully saturated rings. The summed E-state index contributed by atoms with van der Waals surface area (Å²) in [4.78, 5) is 9.92. The molecule has 5 nitrogen and oxygen atoms in total. The van der Waals surface area contributed by atoms with E-state index >= 15 is 0 Å². The van der Waals surface area contributed by atoms with Crippen LogP contribution in [0.5, 0.6) is 0 Å². The molecule has 0 radical (unpaired) electrons. The third-order valence-electron chi connectivity index (χ3n) is 4.42. The van der Waals surface area contributed by atoms with Gasteiger partial charge in [-0.15, -0.1) is 0 Å². The van der Waals surface area contributed by atoms with Crippen LogP contribution in [0, 0.1) is 0 Å². The Labute approximate surface area is 152 Å². The Kier molecular flexibility index (Phi) is 4.53. The molecule has 0 amide bonds. The quantitative estimate of drug-likeness (QED) is 0.752. The van der Waals surface area contributed by atoms with Crippen LogP contribution in [-0.4, -0.2) is 17.6 Å². The van der Waals surface area contributed by atoms with Crippen molar-refractivity contribution < 1.29 is 13.2 Å². The number of nitrogens with two attached hydrogens (primary N) is 2. The molecule has 25 heavy (non-hydrogen) atoms. The highest BCUT2D eigenvalue weighted by molar-refractivity contribution is 6.40. The third-order valence-corrected chi connectivity index (χ3v) is 5.00. The maximum absolute atomic E-state index is 13.0. The molecule has 3 rings (SSSR count). The van der Waals surface area contributed by atoms with Gasteiger partial charge in [-0.05, 0) is 37.8 Å². The van der Waals surface area contributed by atoms with Gasteiger partial charge in [-0.1, -0.05) is 29.6 Å². The van der Waals surface area contributed by atoms with Crippen LogP contribution < -0.4 is 16.4 Å². The first kappa shape index (κ1) is 18.1. The van der Waals surface area contributed by atoms with E-state index < -0.39 is 17.4 Å². The number of alkyl halides is 3. The Hall–Kier alpha value is -1.67. The lowest BCUT2D eigenvalue weighted by Gasteiger charge is -2.46. The predicted octanol–water partition coefficient (Wildman–Crippen LogP) is 4.12. The Morgan fingerprint density at radius 3 is 2.12 bits per heavy atom. The maximum atomic E-state index is 13.0. The van der Waals surface area contributed by atoms with Crippen LogP contribution >= 0.6 is 23.2 Å². The maximum Gasteiger partial charge on any atom is 0.416 e. The monoisotopic (exact) mass is 393 g/mol. The van der Waals surface area contributed by atoms with E-state index in [1.165, 1.54) is 4.90 Å². The average molecular weight is 394 g/mol. The minimum absolute atomic E-state index is 0.0120. The lowest BCUT2D eigenvalue weighted by Crippen LogP contribution is -2.58. The second-order valence-corrected chi connectivity index (χ2v) is 6.92. The topological polar surface area (TPSA) is 80.0 Å². The van der Waals surface area contributed by atoms with E-state index in [1.807, 2.05) is 0 Å². The summed E-state index contributed by atoms with van der Waals surface area (Å²) >= 11 is 12.3.